The molecule has 0 spiro atoms. The number of amides is 2. The molecule has 1 aliphatic rings. The highest BCUT2D eigenvalue weighted by Crippen LogP contribution is 2.58. The standard InChI is InChI=1S/C19H18ClN3O4/c1-19(2)14(15(19)18(26)27)17(25)22-10-6-7-12(20)11(9-10)16(24)23-13-5-3-4-8-21-13/h3-9,14-15H,1-2H3,(H,22,25)(H,26,27)(H,21,23,24). The van der Waals surface area contributed by atoms with Gasteiger partial charge in [-0.05, 0) is 35.7 Å². The number of carboxylic acid groups (broad SMARTS) is 1. The van der Waals surface area contributed by atoms with E-state index < -0.39 is 35.0 Å². The number of halogens is 1. The summed E-state index contributed by atoms with van der Waals surface area (Å²) >= 11 is 6.11. The van der Waals surface area contributed by atoms with Crippen LogP contribution in [-0.2, 0) is 9.59 Å². The summed E-state index contributed by atoms with van der Waals surface area (Å²) in [4.78, 5) is 40.1. The van der Waals surface area contributed by atoms with Crippen LogP contribution in [0.2, 0.25) is 5.02 Å². The number of hydrogen-bond donors (Lipinski definition) is 3. The van der Waals surface area contributed by atoms with Crippen molar-refractivity contribution < 1.29 is 19.5 Å². The first-order chi connectivity index (χ1) is 12.7. The first-order valence-corrected chi connectivity index (χ1v) is 8.65. The van der Waals surface area contributed by atoms with Crippen LogP contribution in [0.3, 0.4) is 0 Å². The lowest BCUT2D eigenvalue weighted by molar-refractivity contribution is -0.140. The normalized spacial score (nSPS) is 19.8. The molecule has 2 atom stereocenters. The second-order valence-corrected chi connectivity index (χ2v) is 7.38. The lowest BCUT2D eigenvalue weighted by atomic mass is 10.1. The summed E-state index contributed by atoms with van der Waals surface area (Å²) in [5.41, 5.74) is -0.0750. The van der Waals surface area contributed by atoms with Crippen LogP contribution < -0.4 is 10.6 Å². The smallest absolute Gasteiger partial charge is 0.307 e. The Labute approximate surface area is 160 Å². The van der Waals surface area contributed by atoms with E-state index in [1.54, 1.807) is 44.3 Å². The number of carbonyl (C=O) groups is 3. The molecule has 27 heavy (non-hydrogen) atoms. The summed E-state index contributed by atoms with van der Waals surface area (Å²) in [6.45, 7) is 3.48. The summed E-state index contributed by atoms with van der Waals surface area (Å²) in [6, 6.07) is 9.60. The van der Waals surface area contributed by atoms with Crippen molar-refractivity contribution in [2.24, 2.45) is 17.3 Å². The van der Waals surface area contributed by atoms with Crippen molar-refractivity contribution in [2.45, 2.75) is 13.8 Å². The number of nitrogens with zero attached hydrogens (tertiary/aromatic N) is 1. The fourth-order valence-corrected chi connectivity index (χ4v) is 3.41. The Morgan fingerprint density at radius 3 is 2.44 bits per heavy atom. The highest BCUT2D eigenvalue weighted by atomic mass is 35.5. The maximum absolute atomic E-state index is 12.4. The average molecular weight is 388 g/mol. The Morgan fingerprint density at radius 1 is 1.11 bits per heavy atom. The van der Waals surface area contributed by atoms with Gasteiger partial charge in [0, 0.05) is 11.9 Å². The van der Waals surface area contributed by atoms with E-state index in [1.165, 1.54) is 12.1 Å². The SMILES string of the molecule is CC1(C)C(C(=O)O)C1C(=O)Nc1ccc(Cl)c(C(=O)Nc2ccccn2)c1. The van der Waals surface area contributed by atoms with Gasteiger partial charge in [-0.1, -0.05) is 31.5 Å². The van der Waals surface area contributed by atoms with Gasteiger partial charge in [0.05, 0.1) is 22.4 Å². The highest BCUT2D eigenvalue weighted by molar-refractivity contribution is 6.34. The molecule has 1 aromatic carbocycles. The minimum Gasteiger partial charge on any atom is -0.481 e. The molecule has 8 heteroatoms. The number of pyridine rings is 1. The first-order valence-electron chi connectivity index (χ1n) is 8.27. The van der Waals surface area contributed by atoms with E-state index in [-0.39, 0.29) is 10.6 Å². The van der Waals surface area contributed by atoms with Crippen molar-refractivity contribution in [1.29, 1.82) is 0 Å². The maximum atomic E-state index is 12.4. The third-order valence-corrected chi connectivity index (χ3v) is 5.09. The Kier molecular flexibility index (Phi) is 4.89. The summed E-state index contributed by atoms with van der Waals surface area (Å²) in [5, 5.41) is 14.7. The van der Waals surface area contributed by atoms with E-state index in [9.17, 15) is 19.5 Å². The molecule has 1 fully saturated rings. The summed E-state index contributed by atoms with van der Waals surface area (Å²) in [6.07, 6.45) is 1.55. The van der Waals surface area contributed by atoms with Crippen molar-refractivity contribution in [1.82, 2.24) is 4.98 Å². The second-order valence-electron chi connectivity index (χ2n) is 6.97. The molecule has 2 aromatic rings. The van der Waals surface area contributed by atoms with Crippen molar-refractivity contribution in [3.05, 3.63) is 53.2 Å². The average Bonchev–Trinajstić information content (AvgIpc) is 3.20. The van der Waals surface area contributed by atoms with Crippen molar-refractivity contribution in [3.63, 3.8) is 0 Å². The molecule has 1 saturated carbocycles. The number of carbonyl (C=O) groups excluding carboxylic acids is 2. The van der Waals surface area contributed by atoms with E-state index in [2.05, 4.69) is 15.6 Å². The maximum Gasteiger partial charge on any atom is 0.307 e. The van der Waals surface area contributed by atoms with E-state index in [0.29, 0.717) is 11.5 Å². The van der Waals surface area contributed by atoms with Gasteiger partial charge in [0.2, 0.25) is 5.91 Å². The number of benzene rings is 1. The number of carboxylic acids is 1. The molecule has 0 aliphatic heterocycles. The van der Waals surface area contributed by atoms with Gasteiger partial charge >= 0.3 is 5.97 Å². The predicted octanol–water partition coefficient (Wildman–Crippen LogP) is 3.28. The molecule has 7 nitrogen and oxygen atoms in total. The van der Waals surface area contributed by atoms with Crippen LogP contribution in [0.25, 0.3) is 0 Å². The first kappa shape index (κ1) is 18.8. The van der Waals surface area contributed by atoms with Crippen LogP contribution in [0.15, 0.2) is 42.6 Å². The van der Waals surface area contributed by atoms with Crippen molar-refractivity contribution in [2.75, 3.05) is 10.6 Å². The van der Waals surface area contributed by atoms with Crippen LogP contribution >= 0.6 is 11.6 Å². The zero-order valence-electron chi connectivity index (χ0n) is 14.7. The van der Waals surface area contributed by atoms with Crippen molar-refractivity contribution in [3.8, 4) is 0 Å². The molecule has 0 bridgehead atoms. The molecule has 1 heterocycles. The second kappa shape index (κ2) is 7.00. The molecule has 1 aromatic heterocycles. The van der Waals surface area contributed by atoms with Crippen molar-refractivity contribution >= 4 is 40.9 Å². The molecular weight excluding hydrogens is 370 g/mol. The van der Waals surface area contributed by atoms with Crippen LogP contribution in [0.1, 0.15) is 24.2 Å². The Bertz CT molecular complexity index is 914. The molecule has 3 N–H and O–H groups in total. The summed E-state index contributed by atoms with van der Waals surface area (Å²) < 4.78 is 0. The van der Waals surface area contributed by atoms with Gasteiger partial charge in [-0.3, -0.25) is 14.4 Å². The fraction of sp³-hybridized carbons (Fsp3) is 0.263. The number of hydrogen-bond acceptors (Lipinski definition) is 4. The zero-order valence-corrected chi connectivity index (χ0v) is 15.4. The topological polar surface area (TPSA) is 108 Å². The molecule has 3 rings (SSSR count). The minimum atomic E-state index is -0.994. The molecular formula is C19H18ClN3O4. The quantitative estimate of drug-likeness (QED) is 0.729. The van der Waals surface area contributed by atoms with Crippen LogP contribution in [-0.4, -0.2) is 27.9 Å². The van der Waals surface area contributed by atoms with E-state index in [0.717, 1.165) is 0 Å². The van der Waals surface area contributed by atoms with Gasteiger partial charge in [0.15, 0.2) is 0 Å². The molecule has 0 saturated heterocycles. The Balaban J connectivity index is 1.75. The Hall–Kier alpha value is -2.93. The van der Waals surface area contributed by atoms with Gasteiger partial charge in [-0.25, -0.2) is 4.98 Å². The van der Waals surface area contributed by atoms with Gasteiger partial charge in [-0.15, -0.1) is 0 Å². The number of anilines is 2. The van der Waals surface area contributed by atoms with Gasteiger partial charge in [-0.2, -0.15) is 0 Å². The van der Waals surface area contributed by atoms with E-state index in [1.807, 2.05) is 0 Å². The third kappa shape index (κ3) is 3.78. The molecule has 1 aliphatic carbocycles. The van der Waals surface area contributed by atoms with Gasteiger partial charge < -0.3 is 15.7 Å². The molecule has 140 valence electrons. The summed E-state index contributed by atoms with van der Waals surface area (Å²) in [5.74, 6) is -2.84. The summed E-state index contributed by atoms with van der Waals surface area (Å²) in [7, 11) is 0. The lowest BCUT2D eigenvalue weighted by Crippen LogP contribution is -2.19. The third-order valence-electron chi connectivity index (χ3n) is 4.76. The van der Waals surface area contributed by atoms with E-state index in [4.69, 9.17) is 11.6 Å². The van der Waals surface area contributed by atoms with Gasteiger partial charge in [0.25, 0.3) is 5.91 Å². The van der Waals surface area contributed by atoms with Crippen LogP contribution in [0.4, 0.5) is 11.5 Å². The van der Waals surface area contributed by atoms with Crippen LogP contribution in [0, 0.1) is 17.3 Å². The minimum absolute atomic E-state index is 0.171. The van der Waals surface area contributed by atoms with Gasteiger partial charge in [0.1, 0.15) is 5.82 Å². The van der Waals surface area contributed by atoms with Crippen LogP contribution in [0.5, 0.6) is 0 Å². The number of aliphatic carboxylic acids is 1. The number of rotatable bonds is 5. The molecule has 0 radical (unpaired) electrons. The molecule has 2 unspecified atom stereocenters. The zero-order chi connectivity index (χ0) is 19.8. The predicted molar refractivity (Wildman–Crippen MR) is 101 cm³/mol. The lowest BCUT2D eigenvalue weighted by Gasteiger charge is -2.10. The number of nitrogens with one attached hydrogen (secondary N) is 2. The fourth-order valence-electron chi connectivity index (χ4n) is 3.21. The highest BCUT2D eigenvalue weighted by Gasteiger charge is 2.65. The number of aromatic nitrogens is 1. The monoisotopic (exact) mass is 387 g/mol. The largest absolute Gasteiger partial charge is 0.481 e. The molecule has 2 amide bonds. The Morgan fingerprint density at radius 2 is 1.85 bits per heavy atom. The van der Waals surface area contributed by atoms with E-state index >= 15 is 0 Å².